The van der Waals surface area contributed by atoms with Gasteiger partial charge in [-0.1, -0.05) is 32.6 Å². The van der Waals surface area contributed by atoms with Crippen LogP contribution in [-0.4, -0.2) is 18.5 Å². The maximum absolute atomic E-state index is 11.6. The topological polar surface area (TPSA) is 55.1 Å². The molecule has 0 aliphatic heterocycles. The predicted octanol–water partition coefficient (Wildman–Crippen LogP) is 2.20. The fourth-order valence-corrected chi connectivity index (χ4v) is 2.35. The highest BCUT2D eigenvalue weighted by Crippen LogP contribution is 2.23. The number of carbonyl (C=O) groups is 1. The second kappa shape index (κ2) is 7.66. The molecule has 0 saturated heterocycles. The summed E-state index contributed by atoms with van der Waals surface area (Å²) in [7, 11) is 0. The van der Waals surface area contributed by atoms with E-state index in [1.807, 2.05) is 0 Å². The number of nitrogens with one attached hydrogen (secondary N) is 1. The van der Waals surface area contributed by atoms with Gasteiger partial charge in [-0.15, -0.1) is 0 Å². The van der Waals surface area contributed by atoms with Crippen LogP contribution in [0.2, 0.25) is 0 Å². The van der Waals surface area contributed by atoms with E-state index in [1.54, 1.807) is 0 Å². The summed E-state index contributed by atoms with van der Waals surface area (Å²) < 4.78 is 0. The molecule has 1 rings (SSSR count). The summed E-state index contributed by atoms with van der Waals surface area (Å²) >= 11 is 0. The summed E-state index contributed by atoms with van der Waals surface area (Å²) in [5.41, 5.74) is 5.88. The van der Waals surface area contributed by atoms with Gasteiger partial charge in [-0.3, -0.25) is 4.79 Å². The van der Waals surface area contributed by atoms with Crippen molar-refractivity contribution in [2.45, 2.75) is 64.3 Å². The molecule has 3 heteroatoms. The number of amides is 1. The van der Waals surface area contributed by atoms with Gasteiger partial charge < -0.3 is 11.1 Å². The highest BCUT2D eigenvalue weighted by molar-refractivity contribution is 5.76. The molecular formula is C13H26N2O. The van der Waals surface area contributed by atoms with Crippen LogP contribution in [-0.2, 0) is 4.79 Å². The lowest BCUT2D eigenvalue weighted by Crippen LogP contribution is -2.34. The monoisotopic (exact) mass is 226 g/mol. The van der Waals surface area contributed by atoms with Crippen molar-refractivity contribution in [2.24, 2.45) is 11.7 Å². The average molecular weight is 226 g/mol. The van der Waals surface area contributed by atoms with Gasteiger partial charge in [-0.05, 0) is 25.2 Å². The third-order valence-electron chi connectivity index (χ3n) is 3.44. The van der Waals surface area contributed by atoms with Gasteiger partial charge in [0, 0.05) is 19.0 Å². The van der Waals surface area contributed by atoms with E-state index in [2.05, 4.69) is 12.2 Å². The van der Waals surface area contributed by atoms with Crippen LogP contribution in [0.3, 0.4) is 0 Å². The van der Waals surface area contributed by atoms with E-state index in [9.17, 15) is 4.79 Å². The lowest BCUT2D eigenvalue weighted by atomic mass is 10.1. The van der Waals surface area contributed by atoms with E-state index in [0.29, 0.717) is 6.42 Å². The fraction of sp³-hybridized carbons (Fsp3) is 0.923. The van der Waals surface area contributed by atoms with Gasteiger partial charge in [0.1, 0.15) is 0 Å². The van der Waals surface area contributed by atoms with Gasteiger partial charge in [0.05, 0.1) is 0 Å². The molecule has 0 heterocycles. The van der Waals surface area contributed by atoms with Crippen molar-refractivity contribution in [3.8, 4) is 0 Å². The Bertz CT molecular complexity index is 200. The van der Waals surface area contributed by atoms with Crippen molar-refractivity contribution in [3.05, 3.63) is 0 Å². The van der Waals surface area contributed by atoms with E-state index in [1.165, 1.54) is 25.7 Å². The third kappa shape index (κ3) is 5.50. The minimum atomic E-state index is 0.0449. The van der Waals surface area contributed by atoms with Crippen molar-refractivity contribution >= 4 is 5.91 Å². The van der Waals surface area contributed by atoms with Gasteiger partial charge in [-0.2, -0.15) is 0 Å². The highest BCUT2D eigenvalue weighted by Gasteiger charge is 2.16. The Kier molecular flexibility index (Phi) is 6.46. The Balaban J connectivity index is 2.05. The molecular weight excluding hydrogens is 200 g/mol. The Labute approximate surface area is 99.2 Å². The van der Waals surface area contributed by atoms with Crippen molar-refractivity contribution in [3.63, 3.8) is 0 Å². The van der Waals surface area contributed by atoms with Crippen LogP contribution in [0, 0.1) is 5.92 Å². The highest BCUT2D eigenvalue weighted by atomic mass is 16.1. The van der Waals surface area contributed by atoms with Crippen molar-refractivity contribution in [1.82, 2.24) is 5.32 Å². The van der Waals surface area contributed by atoms with Crippen LogP contribution < -0.4 is 11.1 Å². The third-order valence-corrected chi connectivity index (χ3v) is 3.44. The quantitative estimate of drug-likeness (QED) is 0.699. The largest absolute Gasteiger partial charge is 0.356 e. The van der Waals surface area contributed by atoms with E-state index in [4.69, 9.17) is 5.73 Å². The number of nitrogens with two attached hydrogens (primary N) is 1. The van der Waals surface area contributed by atoms with Crippen LogP contribution in [0.5, 0.6) is 0 Å². The van der Waals surface area contributed by atoms with Crippen LogP contribution in [0.1, 0.15) is 58.3 Å². The lowest BCUT2D eigenvalue weighted by Gasteiger charge is -2.13. The van der Waals surface area contributed by atoms with Crippen LogP contribution in [0.25, 0.3) is 0 Å². The molecule has 3 N–H and O–H groups in total. The van der Waals surface area contributed by atoms with Gasteiger partial charge in [-0.25, -0.2) is 0 Å². The molecule has 0 unspecified atom stereocenters. The summed E-state index contributed by atoms with van der Waals surface area (Å²) in [6.45, 7) is 3.01. The van der Waals surface area contributed by atoms with Crippen molar-refractivity contribution in [1.29, 1.82) is 0 Å². The molecule has 0 spiro atoms. The fourth-order valence-electron chi connectivity index (χ4n) is 2.35. The number of hydrogen-bond donors (Lipinski definition) is 2. The molecule has 3 nitrogen and oxygen atoms in total. The molecule has 1 aliphatic carbocycles. The summed E-state index contributed by atoms with van der Waals surface area (Å²) in [6.07, 6.45) is 8.95. The number of unbranched alkanes of at least 4 members (excludes halogenated alkanes) is 1. The molecule has 0 bridgehead atoms. The zero-order chi connectivity index (χ0) is 11.8. The van der Waals surface area contributed by atoms with Gasteiger partial charge in [0.2, 0.25) is 5.91 Å². The maximum atomic E-state index is 11.6. The molecule has 0 radical (unpaired) electrons. The summed E-state index contributed by atoms with van der Waals surface area (Å²) in [5.74, 6) is 0.853. The van der Waals surface area contributed by atoms with E-state index in [-0.39, 0.29) is 11.9 Å². The number of rotatable bonds is 7. The Morgan fingerprint density at radius 1 is 1.44 bits per heavy atom. The first-order chi connectivity index (χ1) is 7.72. The molecule has 16 heavy (non-hydrogen) atoms. The molecule has 0 aromatic carbocycles. The Morgan fingerprint density at radius 2 is 2.12 bits per heavy atom. The van der Waals surface area contributed by atoms with E-state index >= 15 is 0 Å². The predicted molar refractivity (Wildman–Crippen MR) is 67.1 cm³/mol. The van der Waals surface area contributed by atoms with Gasteiger partial charge in [0.25, 0.3) is 0 Å². The molecule has 0 aromatic rings. The minimum Gasteiger partial charge on any atom is -0.356 e. The molecule has 0 aromatic heterocycles. The van der Waals surface area contributed by atoms with E-state index in [0.717, 1.165) is 31.7 Å². The van der Waals surface area contributed by atoms with Crippen LogP contribution in [0.15, 0.2) is 0 Å². The Hall–Kier alpha value is -0.570. The van der Waals surface area contributed by atoms with Gasteiger partial charge in [0.15, 0.2) is 0 Å². The second-order valence-electron chi connectivity index (χ2n) is 5.06. The van der Waals surface area contributed by atoms with E-state index < -0.39 is 0 Å². The normalized spacial score (nSPS) is 18.6. The lowest BCUT2D eigenvalue weighted by molar-refractivity contribution is -0.121. The smallest absolute Gasteiger partial charge is 0.221 e. The maximum Gasteiger partial charge on any atom is 0.221 e. The first-order valence-electron chi connectivity index (χ1n) is 6.74. The summed E-state index contributed by atoms with van der Waals surface area (Å²) in [5, 5.41) is 3.01. The average Bonchev–Trinajstić information content (AvgIpc) is 2.76. The summed E-state index contributed by atoms with van der Waals surface area (Å²) in [6, 6.07) is 0.0449. The first-order valence-corrected chi connectivity index (χ1v) is 6.74. The zero-order valence-electron chi connectivity index (χ0n) is 10.5. The summed E-state index contributed by atoms with van der Waals surface area (Å²) in [4.78, 5) is 11.6. The first kappa shape index (κ1) is 13.5. The molecule has 1 atom stereocenters. The molecule has 1 amide bonds. The molecule has 94 valence electrons. The molecule has 1 fully saturated rings. The molecule has 1 saturated carbocycles. The minimum absolute atomic E-state index is 0.0449. The zero-order valence-corrected chi connectivity index (χ0v) is 10.5. The van der Waals surface area contributed by atoms with Crippen molar-refractivity contribution < 1.29 is 4.79 Å². The molecule has 1 aliphatic rings. The SMILES string of the molecule is CCCC[C@H](N)CC(=O)NCC1CCCC1. The number of hydrogen-bond acceptors (Lipinski definition) is 2. The van der Waals surface area contributed by atoms with Crippen molar-refractivity contribution in [2.75, 3.05) is 6.54 Å². The Morgan fingerprint density at radius 3 is 2.75 bits per heavy atom. The van der Waals surface area contributed by atoms with Crippen LogP contribution >= 0.6 is 0 Å². The van der Waals surface area contributed by atoms with Crippen LogP contribution in [0.4, 0.5) is 0 Å². The second-order valence-corrected chi connectivity index (χ2v) is 5.06. The standard InChI is InChI=1S/C13H26N2O/c1-2-3-8-12(14)9-13(16)15-10-11-6-4-5-7-11/h11-12H,2-10,14H2,1H3,(H,15,16)/t12-/m0/s1. The van der Waals surface area contributed by atoms with Gasteiger partial charge >= 0.3 is 0 Å². The number of carbonyl (C=O) groups excluding carboxylic acids is 1.